The third-order valence-electron chi connectivity index (χ3n) is 3.82. The van der Waals surface area contributed by atoms with Crippen LogP contribution in [0.25, 0.3) is 0 Å². The minimum Gasteiger partial charge on any atom is -0.552 e. The predicted octanol–water partition coefficient (Wildman–Crippen LogP) is 4.23. The van der Waals surface area contributed by atoms with E-state index in [0.29, 0.717) is 5.04 Å². The Morgan fingerprint density at radius 3 is 2.39 bits per heavy atom. The minimum absolute atomic E-state index is 0.446. The molecular formula is C16H26OSi. The highest BCUT2D eigenvalue weighted by molar-refractivity contribution is 6.32. The van der Waals surface area contributed by atoms with E-state index in [4.69, 9.17) is 4.43 Å². The van der Waals surface area contributed by atoms with Crippen LogP contribution in [-0.2, 0) is 10.8 Å². The Morgan fingerprint density at radius 2 is 1.83 bits per heavy atom. The van der Waals surface area contributed by atoms with Gasteiger partial charge in [0.25, 0.3) is 0 Å². The minimum atomic E-state index is -0.487. The van der Waals surface area contributed by atoms with Gasteiger partial charge >= 0.3 is 0 Å². The molecule has 1 aromatic carbocycles. The van der Waals surface area contributed by atoms with Gasteiger partial charge in [0.2, 0.25) is 9.76 Å². The Morgan fingerprint density at radius 1 is 1.22 bits per heavy atom. The van der Waals surface area contributed by atoms with Crippen LogP contribution >= 0.6 is 0 Å². The van der Waals surface area contributed by atoms with Gasteiger partial charge in [-0.05, 0) is 30.0 Å². The first-order valence-electron chi connectivity index (χ1n) is 6.93. The van der Waals surface area contributed by atoms with Crippen molar-refractivity contribution in [2.75, 3.05) is 0 Å². The van der Waals surface area contributed by atoms with E-state index in [9.17, 15) is 0 Å². The van der Waals surface area contributed by atoms with Gasteiger partial charge in [0, 0.05) is 0 Å². The van der Waals surface area contributed by atoms with Crippen molar-refractivity contribution < 1.29 is 4.43 Å². The van der Waals surface area contributed by atoms with Crippen molar-refractivity contribution >= 4 is 9.76 Å². The molecule has 0 saturated carbocycles. The zero-order valence-electron chi connectivity index (χ0n) is 12.2. The first-order valence-corrected chi connectivity index (χ1v) is 8.21. The van der Waals surface area contributed by atoms with Crippen LogP contribution in [0.1, 0.15) is 46.1 Å². The summed E-state index contributed by atoms with van der Waals surface area (Å²) < 4.78 is 6.01. The average Bonchev–Trinajstić information content (AvgIpc) is 2.43. The average molecular weight is 262 g/mol. The summed E-state index contributed by atoms with van der Waals surface area (Å²) in [5.41, 5.74) is 1.34. The molecule has 0 bridgehead atoms. The van der Waals surface area contributed by atoms with Crippen LogP contribution in [0, 0.1) is 0 Å². The van der Waals surface area contributed by atoms with Crippen LogP contribution in [-0.4, -0.2) is 9.76 Å². The molecular weight excluding hydrogens is 236 g/mol. The first kappa shape index (κ1) is 15.0. The lowest BCUT2D eigenvalue weighted by molar-refractivity contribution is 0.402. The van der Waals surface area contributed by atoms with Gasteiger partial charge in [-0.1, -0.05) is 63.9 Å². The highest BCUT2D eigenvalue weighted by atomic mass is 28.2. The summed E-state index contributed by atoms with van der Waals surface area (Å²) in [7, 11) is -0.487. The Kier molecular flexibility index (Phi) is 6.20. The molecule has 100 valence electrons. The van der Waals surface area contributed by atoms with Crippen LogP contribution in [0.5, 0.6) is 0 Å². The van der Waals surface area contributed by atoms with Crippen molar-refractivity contribution in [3.05, 3.63) is 47.7 Å². The van der Waals surface area contributed by atoms with Gasteiger partial charge in [-0.2, -0.15) is 0 Å². The maximum absolute atomic E-state index is 6.01. The summed E-state index contributed by atoms with van der Waals surface area (Å²) in [6.07, 6.45) is 5.62. The largest absolute Gasteiger partial charge is 0.552 e. The van der Waals surface area contributed by atoms with E-state index in [-0.39, 0.29) is 0 Å². The topological polar surface area (TPSA) is 9.23 Å². The van der Waals surface area contributed by atoms with Crippen molar-refractivity contribution in [2.24, 2.45) is 0 Å². The van der Waals surface area contributed by atoms with Gasteiger partial charge in [-0.3, -0.25) is 0 Å². The first-order chi connectivity index (χ1) is 8.59. The van der Waals surface area contributed by atoms with E-state index < -0.39 is 9.76 Å². The normalized spacial score (nSPS) is 13.2. The Balaban J connectivity index is 2.43. The fourth-order valence-corrected chi connectivity index (χ4v) is 2.78. The fourth-order valence-electron chi connectivity index (χ4n) is 1.68. The van der Waals surface area contributed by atoms with E-state index in [1.54, 1.807) is 0 Å². The van der Waals surface area contributed by atoms with Gasteiger partial charge in [0.05, 0.1) is 5.76 Å². The van der Waals surface area contributed by atoms with E-state index in [1.165, 1.54) is 18.4 Å². The SMILES string of the molecule is CCC(C)(CC)[SiH2]OC(C)=CCc1ccccc1. The number of allylic oxidation sites excluding steroid dienone is 2. The lowest BCUT2D eigenvalue weighted by atomic mass is 10.1. The summed E-state index contributed by atoms with van der Waals surface area (Å²) in [6, 6.07) is 10.5. The van der Waals surface area contributed by atoms with E-state index >= 15 is 0 Å². The second-order valence-electron chi connectivity index (χ2n) is 5.31. The summed E-state index contributed by atoms with van der Waals surface area (Å²) in [5.74, 6) is 1.10. The van der Waals surface area contributed by atoms with E-state index in [2.05, 4.69) is 64.1 Å². The van der Waals surface area contributed by atoms with Gasteiger partial charge in [-0.25, -0.2) is 0 Å². The van der Waals surface area contributed by atoms with Gasteiger partial charge in [0.15, 0.2) is 0 Å². The highest BCUT2D eigenvalue weighted by Gasteiger charge is 2.21. The molecule has 0 saturated heterocycles. The van der Waals surface area contributed by atoms with Gasteiger partial charge < -0.3 is 4.43 Å². The van der Waals surface area contributed by atoms with Crippen LogP contribution in [0.3, 0.4) is 0 Å². The Labute approximate surface area is 114 Å². The van der Waals surface area contributed by atoms with Crippen LogP contribution in [0.4, 0.5) is 0 Å². The molecule has 0 aliphatic heterocycles. The number of hydrogen-bond donors (Lipinski definition) is 0. The quantitative estimate of drug-likeness (QED) is 0.528. The molecule has 0 aromatic heterocycles. The molecule has 2 heteroatoms. The summed E-state index contributed by atoms with van der Waals surface area (Å²) in [6.45, 7) is 8.97. The lowest BCUT2D eigenvalue weighted by Crippen LogP contribution is -2.17. The third-order valence-corrected chi connectivity index (χ3v) is 6.12. The van der Waals surface area contributed by atoms with Crippen molar-refractivity contribution in [2.45, 2.75) is 52.0 Å². The van der Waals surface area contributed by atoms with Gasteiger partial charge in [0.1, 0.15) is 0 Å². The number of hydrogen-bond acceptors (Lipinski definition) is 1. The summed E-state index contributed by atoms with van der Waals surface area (Å²) in [5, 5.41) is 0.446. The van der Waals surface area contributed by atoms with Crippen molar-refractivity contribution in [3.63, 3.8) is 0 Å². The number of rotatable bonds is 7. The second-order valence-corrected chi connectivity index (χ2v) is 7.60. The molecule has 0 unspecified atom stereocenters. The van der Waals surface area contributed by atoms with E-state index in [1.807, 2.05) is 0 Å². The zero-order chi connectivity index (χ0) is 13.4. The van der Waals surface area contributed by atoms with Crippen LogP contribution in [0.2, 0.25) is 5.04 Å². The molecule has 0 N–H and O–H groups in total. The standard InChI is InChI=1S/C16H26OSi/c1-5-16(4,6-2)18-17-14(3)12-13-15-10-8-7-9-11-15/h7-12H,5-6,13,18H2,1-4H3. The summed E-state index contributed by atoms with van der Waals surface area (Å²) >= 11 is 0. The van der Waals surface area contributed by atoms with Crippen molar-refractivity contribution in [1.82, 2.24) is 0 Å². The fraction of sp³-hybridized carbons (Fsp3) is 0.500. The van der Waals surface area contributed by atoms with E-state index in [0.717, 1.165) is 12.2 Å². The molecule has 0 atom stereocenters. The van der Waals surface area contributed by atoms with Crippen LogP contribution in [0.15, 0.2) is 42.2 Å². The zero-order valence-corrected chi connectivity index (χ0v) is 13.6. The smallest absolute Gasteiger partial charge is 0.224 e. The molecule has 0 aliphatic rings. The molecule has 1 aromatic rings. The monoisotopic (exact) mass is 262 g/mol. The molecule has 0 radical (unpaired) electrons. The summed E-state index contributed by atoms with van der Waals surface area (Å²) in [4.78, 5) is 0. The molecule has 18 heavy (non-hydrogen) atoms. The molecule has 1 nitrogen and oxygen atoms in total. The molecule has 0 amide bonds. The molecule has 0 aliphatic carbocycles. The highest BCUT2D eigenvalue weighted by Crippen LogP contribution is 2.32. The maximum atomic E-state index is 6.01. The maximum Gasteiger partial charge on any atom is 0.224 e. The number of benzene rings is 1. The Hall–Kier alpha value is -1.02. The van der Waals surface area contributed by atoms with Crippen LogP contribution < -0.4 is 0 Å². The predicted molar refractivity (Wildman–Crippen MR) is 82.5 cm³/mol. The molecule has 0 fully saturated rings. The van der Waals surface area contributed by atoms with Gasteiger partial charge in [-0.15, -0.1) is 0 Å². The third kappa shape index (κ3) is 5.09. The molecule has 1 rings (SSSR count). The molecule has 0 heterocycles. The van der Waals surface area contributed by atoms with Crippen molar-refractivity contribution in [1.29, 1.82) is 0 Å². The molecule has 0 spiro atoms. The Bertz CT molecular complexity index is 366. The second kappa shape index (κ2) is 7.42. The van der Waals surface area contributed by atoms with Crippen molar-refractivity contribution in [3.8, 4) is 0 Å². The lowest BCUT2D eigenvalue weighted by Gasteiger charge is -2.25.